The predicted octanol–water partition coefficient (Wildman–Crippen LogP) is 5.39. The zero-order valence-electron chi connectivity index (χ0n) is 17.3. The van der Waals surface area contributed by atoms with E-state index in [1.54, 1.807) is 43.3 Å². The predicted molar refractivity (Wildman–Crippen MR) is 124 cm³/mol. The number of carbonyl (C=O) groups excluding carboxylic acids is 2. The van der Waals surface area contributed by atoms with Crippen molar-refractivity contribution >= 4 is 34.0 Å². The first kappa shape index (κ1) is 20.9. The van der Waals surface area contributed by atoms with E-state index < -0.39 is 11.7 Å². The van der Waals surface area contributed by atoms with E-state index in [2.05, 4.69) is 15.8 Å². The number of rotatable bonds is 5. The van der Waals surface area contributed by atoms with Crippen molar-refractivity contribution in [3.8, 4) is 0 Å². The van der Waals surface area contributed by atoms with Crippen molar-refractivity contribution in [1.82, 2.24) is 5.43 Å². The highest BCUT2D eigenvalue weighted by Crippen LogP contribution is 2.18. The first-order valence-electron chi connectivity index (χ1n) is 10.0. The molecule has 2 amide bonds. The van der Waals surface area contributed by atoms with E-state index in [9.17, 15) is 14.0 Å². The Bertz CT molecular complexity index is 1330. The molecule has 0 heterocycles. The van der Waals surface area contributed by atoms with E-state index in [4.69, 9.17) is 0 Å². The van der Waals surface area contributed by atoms with Gasteiger partial charge < -0.3 is 5.32 Å². The van der Waals surface area contributed by atoms with Crippen molar-refractivity contribution in [3.63, 3.8) is 0 Å². The summed E-state index contributed by atoms with van der Waals surface area (Å²) in [7, 11) is 0. The summed E-state index contributed by atoms with van der Waals surface area (Å²) in [4.78, 5) is 24.9. The number of hydrogen-bond donors (Lipinski definition) is 2. The Kier molecular flexibility index (Phi) is 6.03. The van der Waals surface area contributed by atoms with Crippen LogP contribution in [0.15, 0.2) is 96.1 Å². The highest BCUT2D eigenvalue weighted by atomic mass is 19.1. The highest BCUT2D eigenvalue weighted by molar-refractivity contribution is 6.08. The van der Waals surface area contributed by atoms with Gasteiger partial charge in [0.25, 0.3) is 11.8 Å². The second kappa shape index (κ2) is 9.22. The summed E-state index contributed by atoms with van der Waals surface area (Å²) in [5.74, 6) is -1.40. The SMILES string of the molecule is C/C(=N\NC(=O)c1cccc2ccccc12)c1ccc(NC(=O)c2ccccc2F)cc1. The second-order valence-electron chi connectivity index (χ2n) is 7.18. The summed E-state index contributed by atoms with van der Waals surface area (Å²) in [6, 6.07) is 25.9. The van der Waals surface area contributed by atoms with Gasteiger partial charge in [-0.25, -0.2) is 9.82 Å². The maximum absolute atomic E-state index is 13.8. The number of benzene rings is 4. The van der Waals surface area contributed by atoms with Gasteiger partial charge in [0.2, 0.25) is 0 Å². The van der Waals surface area contributed by atoms with Crippen LogP contribution >= 0.6 is 0 Å². The lowest BCUT2D eigenvalue weighted by Crippen LogP contribution is -2.19. The molecular weight excluding hydrogens is 405 g/mol. The molecule has 0 aliphatic carbocycles. The largest absolute Gasteiger partial charge is 0.322 e. The summed E-state index contributed by atoms with van der Waals surface area (Å²) in [5, 5.41) is 8.71. The Morgan fingerprint density at radius 3 is 2.19 bits per heavy atom. The molecule has 6 heteroatoms. The zero-order valence-corrected chi connectivity index (χ0v) is 17.3. The number of hydrogen-bond acceptors (Lipinski definition) is 3. The molecule has 2 N–H and O–H groups in total. The Balaban J connectivity index is 1.44. The number of fused-ring (bicyclic) bond motifs is 1. The molecule has 0 unspecified atom stereocenters. The Morgan fingerprint density at radius 1 is 0.750 bits per heavy atom. The minimum atomic E-state index is -0.577. The topological polar surface area (TPSA) is 70.6 Å². The van der Waals surface area contributed by atoms with E-state index in [-0.39, 0.29) is 11.5 Å². The Morgan fingerprint density at radius 2 is 1.41 bits per heavy atom. The van der Waals surface area contributed by atoms with E-state index in [1.165, 1.54) is 18.2 Å². The molecule has 0 radical (unpaired) electrons. The minimum absolute atomic E-state index is 0.0227. The van der Waals surface area contributed by atoms with Crippen LogP contribution in [0, 0.1) is 5.82 Å². The van der Waals surface area contributed by atoms with Gasteiger partial charge in [0.05, 0.1) is 11.3 Å². The van der Waals surface area contributed by atoms with Crippen molar-refractivity contribution in [2.45, 2.75) is 6.92 Å². The van der Waals surface area contributed by atoms with Crippen LogP contribution in [0.3, 0.4) is 0 Å². The molecule has 0 saturated heterocycles. The molecule has 32 heavy (non-hydrogen) atoms. The van der Waals surface area contributed by atoms with Crippen LogP contribution in [0.1, 0.15) is 33.2 Å². The Labute approximate surface area is 184 Å². The van der Waals surface area contributed by atoms with Gasteiger partial charge in [-0.15, -0.1) is 0 Å². The third kappa shape index (κ3) is 4.54. The van der Waals surface area contributed by atoms with Crippen molar-refractivity contribution in [3.05, 3.63) is 114 Å². The highest BCUT2D eigenvalue weighted by Gasteiger charge is 2.12. The average Bonchev–Trinajstić information content (AvgIpc) is 2.82. The summed E-state index contributed by atoms with van der Waals surface area (Å²) in [6.45, 7) is 1.77. The number of halogens is 1. The standard InChI is InChI=1S/C26H20FN3O2/c1-17(29-30-26(32)22-11-6-8-19-7-2-3-9-21(19)22)18-13-15-20(16-14-18)28-25(31)23-10-4-5-12-24(23)27/h2-16H,1H3,(H,28,31)(H,30,32)/b29-17+. The summed E-state index contributed by atoms with van der Waals surface area (Å²) < 4.78 is 13.8. The fourth-order valence-corrected chi connectivity index (χ4v) is 3.32. The van der Waals surface area contributed by atoms with Crippen molar-refractivity contribution < 1.29 is 14.0 Å². The molecule has 0 aliphatic heterocycles. The van der Waals surface area contributed by atoms with Gasteiger partial charge in [-0.05, 0) is 53.6 Å². The van der Waals surface area contributed by atoms with Crippen LogP contribution in [-0.4, -0.2) is 17.5 Å². The number of hydrazone groups is 1. The van der Waals surface area contributed by atoms with Gasteiger partial charge >= 0.3 is 0 Å². The third-order valence-corrected chi connectivity index (χ3v) is 5.04. The van der Waals surface area contributed by atoms with E-state index >= 15 is 0 Å². The fourth-order valence-electron chi connectivity index (χ4n) is 3.32. The third-order valence-electron chi connectivity index (χ3n) is 5.04. The number of carbonyl (C=O) groups is 2. The van der Waals surface area contributed by atoms with E-state index in [0.717, 1.165) is 16.3 Å². The summed E-state index contributed by atoms with van der Waals surface area (Å²) in [5.41, 5.74) is 5.02. The first-order valence-corrected chi connectivity index (χ1v) is 10.0. The normalized spacial score (nSPS) is 11.2. The molecule has 4 rings (SSSR count). The summed E-state index contributed by atoms with van der Waals surface area (Å²) >= 11 is 0. The van der Waals surface area contributed by atoms with Crippen LogP contribution in [0.2, 0.25) is 0 Å². The molecule has 0 spiro atoms. The van der Waals surface area contributed by atoms with E-state index in [1.807, 2.05) is 36.4 Å². The van der Waals surface area contributed by atoms with Gasteiger partial charge in [-0.1, -0.05) is 60.7 Å². The smallest absolute Gasteiger partial charge is 0.272 e. The van der Waals surface area contributed by atoms with E-state index in [0.29, 0.717) is 17.0 Å². The first-order chi connectivity index (χ1) is 15.5. The molecule has 5 nitrogen and oxygen atoms in total. The maximum atomic E-state index is 13.8. The van der Waals surface area contributed by atoms with Crippen LogP contribution < -0.4 is 10.7 Å². The molecule has 0 aromatic heterocycles. The molecule has 0 aliphatic rings. The van der Waals surface area contributed by atoms with Gasteiger partial charge in [-0.3, -0.25) is 9.59 Å². The van der Waals surface area contributed by atoms with Crippen LogP contribution in [0.4, 0.5) is 10.1 Å². The van der Waals surface area contributed by atoms with Gasteiger partial charge in [0.1, 0.15) is 5.82 Å². The molecule has 4 aromatic rings. The lowest BCUT2D eigenvalue weighted by Gasteiger charge is -2.08. The maximum Gasteiger partial charge on any atom is 0.272 e. The number of anilines is 1. The molecule has 0 saturated carbocycles. The zero-order chi connectivity index (χ0) is 22.5. The van der Waals surface area contributed by atoms with Crippen LogP contribution in [-0.2, 0) is 0 Å². The fraction of sp³-hybridized carbons (Fsp3) is 0.0385. The molecular formula is C26H20FN3O2. The minimum Gasteiger partial charge on any atom is -0.322 e. The molecule has 4 aromatic carbocycles. The molecule has 158 valence electrons. The molecule has 0 fully saturated rings. The lowest BCUT2D eigenvalue weighted by molar-refractivity contribution is 0.0955. The lowest BCUT2D eigenvalue weighted by atomic mass is 10.0. The number of amides is 2. The van der Waals surface area contributed by atoms with Gasteiger partial charge in [0, 0.05) is 11.3 Å². The second-order valence-corrected chi connectivity index (χ2v) is 7.18. The summed E-state index contributed by atoms with van der Waals surface area (Å²) in [6.07, 6.45) is 0. The Hall–Kier alpha value is -4.32. The monoisotopic (exact) mass is 425 g/mol. The van der Waals surface area contributed by atoms with Crippen LogP contribution in [0.25, 0.3) is 10.8 Å². The molecule has 0 bridgehead atoms. The van der Waals surface area contributed by atoms with Crippen molar-refractivity contribution in [1.29, 1.82) is 0 Å². The van der Waals surface area contributed by atoms with Crippen LogP contribution in [0.5, 0.6) is 0 Å². The van der Waals surface area contributed by atoms with Crippen molar-refractivity contribution in [2.24, 2.45) is 5.10 Å². The number of nitrogens with zero attached hydrogens (tertiary/aromatic N) is 1. The average molecular weight is 425 g/mol. The number of nitrogens with one attached hydrogen (secondary N) is 2. The van der Waals surface area contributed by atoms with Crippen molar-refractivity contribution in [2.75, 3.05) is 5.32 Å². The quantitative estimate of drug-likeness (QED) is 0.333. The van der Waals surface area contributed by atoms with Gasteiger partial charge in [-0.2, -0.15) is 5.10 Å². The molecule has 0 atom stereocenters. The van der Waals surface area contributed by atoms with Gasteiger partial charge in [0.15, 0.2) is 0 Å².